The number of hydrogen-bond acceptors (Lipinski definition) is 0. The molecule has 0 aromatic carbocycles. The summed E-state index contributed by atoms with van der Waals surface area (Å²) in [5.41, 5.74) is 0.622. The summed E-state index contributed by atoms with van der Waals surface area (Å²) in [6, 6.07) is 0. The summed E-state index contributed by atoms with van der Waals surface area (Å²) < 4.78 is 0. The molecule has 0 aromatic rings. The van der Waals surface area contributed by atoms with Gasteiger partial charge in [0.2, 0.25) is 0 Å². The van der Waals surface area contributed by atoms with E-state index in [4.69, 9.17) is 17.0 Å². The summed E-state index contributed by atoms with van der Waals surface area (Å²) in [6.45, 7) is 7.35. The van der Waals surface area contributed by atoms with Crippen molar-refractivity contribution >= 4 is 17.0 Å². The zero-order valence-electron chi connectivity index (χ0n) is 18.3. The van der Waals surface area contributed by atoms with Gasteiger partial charge < -0.3 is 14.9 Å². The van der Waals surface area contributed by atoms with Gasteiger partial charge in [-0.1, -0.05) is 70.8 Å². The van der Waals surface area contributed by atoms with Crippen LogP contribution in [-0.4, -0.2) is 0 Å². The van der Waals surface area contributed by atoms with Crippen molar-refractivity contribution in [2.45, 2.75) is 78.6 Å². The molecule has 3 rings (SSSR count). The van der Waals surface area contributed by atoms with Crippen molar-refractivity contribution in [3.8, 4) is 0 Å². The molecule has 3 aliphatic carbocycles. The van der Waals surface area contributed by atoms with Crippen LogP contribution in [0.1, 0.15) is 78.6 Å². The fourth-order valence-electron chi connectivity index (χ4n) is 6.61. The number of halogens is 2. The molecular formula is C24H42Cl2Zr. The molecular weight excluding hydrogens is 450 g/mol. The second kappa shape index (κ2) is 14.0. The Labute approximate surface area is 189 Å². The Bertz CT molecular complexity index is 436. The average molecular weight is 493 g/mol. The van der Waals surface area contributed by atoms with Crippen LogP contribution in [0, 0.1) is 49.9 Å². The Morgan fingerprint density at radius 1 is 0.926 bits per heavy atom. The SMILES string of the molecule is CCCC1CC(C(CC)(CC)C2CCCC2)C2C=CC=CC12.[CH3-].[CH3-].[Cl][Zr+2][Cl]. The summed E-state index contributed by atoms with van der Waals surface area (Å²) in [5, 5.41) is 0. The molecule has 3 aliphatic rings. The summed E-state index contributed by atoms with van der Waals surface area (Å²) in [5.74, 6) is 4.57. The van der Waals surface area contributed by atoms with Crippen molar-refractivity contribution in [1.29, 1.82) is 0 Å². The Morgan fingerprint density at radius 3 is 1.93 bits per heavy atom. The molecule has 0 radical (unpaired) electrons. The molecule has 4 atom stereocenters. The van der Waals surface area contributed by atoms with Crippen LogP contribution in [0.5, 0.6) is 0 Å². The minimum atomic E-state index is -0.826. The average Bonchev–Trinajstić information content (AvgIpc) is 3.28. The van der Waals surface area contributed by atoms with E-state index in [0.29, 0.717) is 5.41 Å². The van der Waals surface area contributed by atoms with Gasteiger partial charge in [-0.2, -0.15) is 0 Å². The van der Waals surface area contributed by atoms with E-state index in [0.717, 1.165) is 29.6 Å². The Kier molecular flexibility index (Phi) is 14.5. The van der Waals surface area contributed by atoms with Crippen molar-refractivity contribution in [2.75, 3.05) is 0 Å². The van der Waals surface area contributed by atoms with E-state index < -0.39 is 20.8 Å². The van der Waals surface area contributed by atoms with E-state index in [1.807, 2.05) is 0 Å². The van der Waals surface area contributed by atoms with E-state index >= 15 is 0 Å². The van der Waals surface area contributed by atoms with Crippen LogP contribution in [0.2, 0.25) is 0 Å². The first kappa shape index (κ1) is 27.9. The quantitative estimate of drug-likeness (QED) is 0.324. The van der Waals surface area contributed by atoms with Crippen molar-refractivity contribution < 1.29 is 20.8 Å². The maximum absolute atomic E-state index is 4.93. The van der Waals surface area contributed by atoms with Gasteiger partial charge in [0, 0.05) is 0 Å². The van der Waals surface area contributed by atoms with E-state index in [-0.39, 0.29) is 14.9 Å². The Morgan fingerprint density at radius 2 is 1.44 bits per heavy atom. The fourth-order valence-corrected chi connectivity index (χ4v) is 6.61. The normalized spacial score (nSPS) is 29.1. The number of hydrogen-bond donors (Lipinski definition) is 0. The minimum absolute atomic E-state index is 0. The molecule has 2 fully saturated rings. The van der Waals surface area contributed by atoms with Crippen LogP contribution >= 0.6 is 17.0 Å². The zero-order chi connectivity index (χ0) is 18.3. The molecule has 4 unspecified atom stereocenters. The van der Waals surface area contributed by atoms with Gasteiger partial charge >= 0.3 is 37.9 Å². The molecule has 0 bridgehead atoms. The first-order valence-electron chi connectivity index (χ1n) is 10.5. The van der Waals surface area contributed by atoms with Crippen LogP contribution in [0.4, 0.5) is 0 Å². The van der Waals surface area contributed by atoms with Crippen LogP contribution in [0.25, 0.3) is 0 Å². The van der Waals surface area contributed by atoms with Gasteiger partial charge in [-0.25, -0.2) is 0 Å². The zero-order valence-corrected chi connectivity index (χ0v) is 22.3. The van der Waals surface area contributed by atoms with Gasteiger partial charge in [0.05, 0.1) is 0 Å². The molecule has 0 spiro atoms. The third kappa shape index (κ3) is 6.21. The predicted molar refractivity (Wildman–Crippen MR) is 121 cm³/mol. The summed E-state index contributed by atoms with van der Waals surface area (Å²) in [7, 11) is 9.87. The van der Waals surface area contributed by atoms with Gasteiger partial charge in [0.25, 0.3) is 0 Å². The van der Waals surface area contributed by atoms with Crippen LogP contribution in [0.3, 0.4) is 0 Å². The first-order chi connectivity index (χ1) is 12.2. The maximum atomic E-state index is 4.93. The van der Waals surface area contributed by atoms with E-state index in [2.05, 4.69) is 45.1 Å². The van der Waals surface area contributed by atoms with Crippen LogP contribution in [0.15, 0.2) is 24.3 Å². The summed E-state index contributed by atoms with van der Waals surface area (Å²) in [4.78, 5) is 0. The third-order valence-corrected chi connectivity index (χ3v) is 7.67. The molecule has 0 heterocycles. The van der Waals surface area contributed by atoms with Crippen molar-refractivity contribution in [3.05, 3.63) is 39.2 Å². The van der Waals surface area contributed by atoms with Crippen LogP contribution in [-0.2, 0) is 20.8 Å². The number of fused-ring (bicyclic) bond motifs is 1. The number of allylic oxidation sites excluding steroid dienone is 4. The molecule has 156 valence electrons. The van der Waals surface area contributed by atoms with E-state index in [9.17, 15) is 0 Å². The first-order valence-corrected chi connectivity index (χ1v) is 16.8. The fraction of sp³-hybridized carbons (Fsp3) is 0.750. The second-order valence-corrected chi connectivity index (χ2v) is 12.0. The Hall–Kier alpha value is 0.943. The molecule has 0 aliphatic heterocycles. The van der Waals surface area contributed by atoms with Crippen LogP contribution < -0.4 is 0 Å². The molecule has 0 N–H and O–H groups in total. The standard InChI is InChI=1S/C22H36.2CH3.2ClH.Zr/c1-4-11-17-16-21(20-15-10-9-14-19(17)20)22(5-2,6-3)18-12-7-8-13-18;;;;;/h9-10,14-15,17-21H,4-8,11-13,16H2,1-3H3;2*1H3;2*1H;/q;2*-1;;;+4/p-2. The van der Waals surface area contributed by atoms with Crippen molar-refractivity contribution in [3.63, 3.8) is 0 Å². The van der Waals surface area contributed by atoms with Gasteiger partial charge in [-0.05, 0) is 67.1 Å². The number of rotatable bonds is 6. The second-order valence-electron chi connectivity index (χ2n) is 8.31. The van der Waals surface area contributed by atoms with E-state index in [1.54, 1.807) is 0 Å². The van der Waals surface area contributed by atoms with Crippen molar-refractivity contribution in [2.24, 2.45) is 35.0 Å². The molecule has 0 amide bonds. The van der Waals surface area contributed by atoms with Gasteiger partial charge in [0.1, 0.15) is 0 Å². The van der Waals surface area contributed by atoms with E-state index in [1.165, 1.54) is 57.8 Å². The van der Waals surface area contributed by atoms with Crippen molar-refractivity contribution in [1.82, 2.24) is 0 Å². The third-order valence-electron chi connectivity index (χ3n) is 7.67. The Balaban J connectivity index is 0.00000127. The van der Waals surface area contributed by atoms with Gasteiger partial charge in [-0.15, -0.1) is 0 Å². The topological polar surface area (TPSA) is 0 Å². The monoisotopic (exact) mass is 490 g/mol. The molecule has 27 heavy (non-hydrogen) atoms. The van der Waals surface area contributed by atoms with Gasteiger partial charge in [0.15, 0.2) is 0 Å². The molecule has 3 heteroatoms. The molecule has 2 saturated carbocycles. The molecule has 0 aromatic heterocycles. The van der Waals surface area contributed by atoms with Gasteiger partial charge in [-0.3, -0.25) is 0 Å². The predicted octanol–water partition coefficient (Wildman–Crippen LogP) is 9.05. The summed E-state index contributed by atoms with van der Waals surface area (Å²) >= 11 is -0.826. The molecule has 0 nitrogen and oxygen atoms in total. The molecule has 0 saturated heterocycles. The summed E-state index contributed by atoms with van der Waals surface area (Å²) in [6.07, 6.45) is 22.9.